The lowest BCUT2D eigenvalue weighted by molar-refractivity contribution is 0.201. The summed E-state index contributed by atoms with van der Waals surface area (Å²) in [5, 5.41) is 2.53. The van der Waals surface area contributed by atoms with E-state index in [-0.39, 0.29) is 24.6 Å². The molecule has 4 nitrogen and oxygen atoms in total. The van der Waals surface area contributed by atoms with Crippen LogP contribution in [0.1, 0.15) is 17.1 Å². The van der Waals surface area contributed by atoms with Crippen molar-refractivity contribution in [3.05, 3.63) is 89.1 Å². The Morgan fingerprint density at radius 3 is 2.33 bits per heavy atom. The standard InChI is InChI=1S/C20H17F3N2O2/c1-13-2-8-17(27-13)12-25(11-14-3-5-15(21)6-4-14)20(26)24-16-7-9-18(22)19(23)10-16/h2-10H,11-12H2,1H3,(H,24,26). The number of aryl methyl sites for hydroxylation is 1. The first-order valence-electron chi connectivity index (χ1n) is 8.21. The molecule has 0 bridgehead atoms. The number of benzene rings is 2. The number of nitrogens with one attached hydrogen (secondary N) is 1. The number of rotatable bonds is 5. The van der Waals surface area contributed by atoms with Crippen LogP contribution in [0.4, 0.5) is 23.7 Å². The number of hydrogen-bond acceptors (Lipinski definition) is 2. The molecule has 1 heterocycles. The third-order valence-electron chi connectivity index (χ3n) is 3.89. The summed E-state index contributed by atoms with van der Waals surface area (Å²) < 4.78 is 45.1. The van der Waals surface area contributed by atoms with E-state index in [2.05, 4.69) is 5.32 Å². The molecule has 3 aromatic rings. The topological polar surface area (TPSA) is 45.5 Å². The molecule has 2 amide bonds. The van der Waals surface area contributed by atoms with Crippen LogP contribution >= 0.6 is 0 Å². The van der Waals surface area contributed by atoms with Crippen LogP contribution in [0.3, 0.4) is 0 Å². The Morgan fingerprint density at radius 2 is 1.70 bits per heavy atom. The van der Waals surface area contributed by atoms with E-state index in [0.29, 0.717) is 17.1 Å². The Hall–Kier alpha value is -3.22. The van der Waals surface area contributed by atoms with Crippen molar-refractivity contribution >= 4 is 11.7 Å². The number of carbonyl (C=O) groups excluding carboxylic acids is 1. The smallest absolute Gasteiger partial charge is 0.322 e. The summed E-state index contributed by atoms with van der Waals surface area (Å²) in [4.78, 5) is 14.1. The van der Waals surface area contributed by atoms with Crippen molar-refractivity contribution in [2.24, 2.45) is 0 Å². The third-order valence-corrected chi connectivity index (χ3v) is 3.89. The Labute approximate surface area is 154 Å². The van der Waals surface area contributed by atoms with Gasteiger partial charge < -0.3 is 14.6 Å². The van der Waals surface area contributed by atoms with Gasteiger partial charge in [0.1, 0.15) is 17.3 Å². The number of carbonyl (C=O) groups is 1. The van der Waals surface area contributed by atoms with Gasteiger partial charge in [0.2, 0.25) is 0 Å². The molecule has 0 atom stereocenters. The van der Waals surface area contributed by atoms with Gasteiger partial charge in [-0.3, -0.25) is 0 Å². The number of urea groups is 1. The molecule has 27 heavy (non-hydrogen) atoms. The molecule has 0 fully saturated rings. The molecule has 0 unspecified atom stereocenters. The molecule has 0 saturated heterocycles. The second-order valence-corrected chi connectivity index (χ2v) is 6.05. The van der Waals surface area contributed by atoms with Crippen molar-refractivity contribution < 1.29 is 22.4 Å². The van der Waals surface area contributed by atoms with Gasteiger partial charge >= 0.3 is 6.03 Å². The molecule has 140 valence electrons. The average Bonchev–Trinajstić information content (AvgIpc) is 3.04. The fourth-order valence-electron chi connectivity index (χ4n) is 2.54. The zero-order valence-electron chi connectivity index (χ0n) is 14.5. The van der Waals surface area contributed by atoms with Crippen molar-refractivity contribution in [2.75, 3.05) is 5.32 Å². The summed E-state index contributed by atoms with van der Waals surface area (Å²) in [6.45, 7) is 2.12. The van der Waals surface area contributed by atoms with E-state index < -0.39 is 17.7 Å². The summed E-state index contributed by atoms with van der Waals surface area (Å²) in [5.74, 6) is -1.16. The fraction of sp³-hybridized carbons (Fsp3) is 0.150. The number of amides is 2. The molecule has 0 aliphatic carbocycles. The van der Waals surface area contributed by atoms with Crippen LogP contribution in [0.5, 0.6) is 0 Å². The molecule has 0 spiro atoms. The van der Waals surface area contributed by atoms with Crippen molar-refractivity contribution in [3.63, 3.8) is 0 Å². The van der Waals surface area contributed by atoms with Gasteiger partial charge in [-0.25, -0.2) is 18.0 Å². The summed E-state index contributed by atoms with van der Waals surface area (Å²) in [6.07, 6.45) is 0. The number of halogens is 3. The first-order valence-corrected chi connectivity index (χ1v) is 8.21. The second kappa shape index (κ2) is 7.99. The predicted molar refractivity (Wildman–Crippen MR) is 94.5 cm³/mol. The van der Waals surface area contributed by atoms with Gasteiger partial charge in [-0.05, 0) is 48.9 Å². The second-order valence-electron chi connectivity index (χ2n) is 6.05. The fourth-order valence-corrected chi connectivity index (χ4v) is 2.54. The molecule has 2 aromatic carbocycles. The highest BCUT2D eigenvalue weighted by Gasteiger charge is 2.17. The van der Waals surface area contributed by atoms with Gasteiger partial charge in [-0.1, -0.05) is 12.1 Å². The number of hydrogen-bond donors (Lipinski definition) is 1. The van der Waals surface area contributed by atoms with E-state index in [9.17, 15) is 18.0 Å². The minimum Gasteiger partial charge on any atom is -0.464 e. The molecule has 0 radical (unpaired) electrons. The molecule has 0 aliphatic heterocycles. The van der Waals surface area contributed by atoms with E-state index in [1.54, 1.807) is 31.2 Å². The van der Waals surface area contributed by atoms with Crippen molar-refractivity contribution in [1.29, 1.82) is 0 Å². The van der Waals surface area contributed by atoms with Gasteiger partial charge in [0.25, 0.3) is 0 Å². The van der Waals surface area contributed by atoms with Gasteiger partial charge in [0.15, 0.2) is 11.6 Å². The van der Waals surface area contributed by atoms with E-state index in [1.807, 2.05) is 0 Å². The minimum absolute atomic E-state index is 0.124. The molecule has 0 saturated carbocycles. The molecule has 7 heteroatoms. The molecular formula is C20H17F3N2O2. The van der Waals surface area contributed by atoms with Crippen LogP contribution in [0, 0.1) is 24.4 Å². The average molecular weight is 374 g/mol. The van der Waals surface area contributed by atoms with Gasteiger partial charge in [-0.2, -0.15) is 0 Å². The molecule has 0 aliphatic rings. The summed E-state index contributed by atoms with van der Waals surface area (Å²) in [7, 11) is 0. The Bertz CT molecular complexity index is 939. The Morgan fingerprint density at radius 1 is 0.963 bits per heavy atom. The maximum Gasteiger partial charge on any atom is 0.322 e. The lowest BCUT2D eigenvalue weighted by Gasteiger charge is -2.22. The predicted octanol–water partition coefficient (Wildman–Crippen LogP) is 5.24. The number of anilines is 1. The van der Waals surface area contributed by atoms with Crippen molar-refractivity contribution in [3.8, 4) is 0 Å². The van der Waals surface area contributed by atoms with Crippen molar-refractivity contribution in [1.82, 2.24) is 4.90 Å². The lowest BCUT2D eigenvalue weighted by Crippen LogP contribution is -2.34. The quantitative estimate of drug-likeness (QED) is 0.664. The van der Waals surface area contributed by atoms with Gasteiger partial charge in [0, 0.05) is 18.3 Å². The summed E-state index contributed by atoms with van der Waals surface area (Å²) in [6, 6.07) is 11.8. The largest absolute Gasteiger partial charge is 0.464 e. The summed E-state index contributed by atoms with van der Waals surface area (Å²) >= 11 is 0. The molecule has 1 N–H and O–H groups in total. The minimum atomic E-state index is -1.06. The van der Waals surface area contributed by atoms with Crippen molar-refractivity contribution in [2.45, 2.75) is 20.0 Å². The van der Waals surface area contributed by atoms with Gasteiger partial charge in [-0.15, -0.1) is 0 Å². The normalized spacial score (nSPS) is 10.7. The number of nitrogens with zero attached hydrogens (tertiary/aromatic N) is 1. The number of furan rings is 1. The zero-order chi connectivity index (χ0) is 19.4. The first-order chi connectivity index (χ1) is 12.9. The molecule has 3 rings (SSSR count). The zero-order valence-corrected chi connectivity index (χ0v) is 14.5. The lowest BCUT2D eigenvalue weighted by atomic mass is 10.2. The Balaban J connectivity index is 1.79. The van der Waals surface area contributed by atoms with Crippen LogP contribution < -0.4 is 5.32 Å². The molecule has 1 aromatic heterocycles. The van der Waals surface area contributed by atoms with E-state index in [0.717, 1.165) is 12.1 Å². The van der Waals surface area contributed by atoms with Crippen LogP contribution in [0.2, 0.25) is 0 Å². The van der Waals surface area contributed by atoms with Crippen LogP contribution in [0.15, 0.2) is 59.0 Å². The van der Waals surface area contributed by atoms with E-state index in [1.165, 1.54) is 23.1 Å². The highest BCUT2D eigenvalue weighted by molar-refractivity contribution is 5.89. The Kier molecular flexibility index (Phi) is 5.49. The SMILES string of the molecule is Cc1ccc(CN(Cc2ccc(F)cc2)C(=O)Nc2ccc(F)c(F)c2)o1. The monoisotopic (exact) mass is 374 g/mol. The maximum atomic E-state index is 13.4. The van der Waals surface area contributed by atoms with E-state index >= 15 is 0 Å². The maximum absolute atomic E-state index is 13.4. The van der Waals surface area contributed by atoms with Gasteiger partial charge in [0.05, 0.1) is 6.54 Å². The third kappa shape index (κ3) is 4.91. The van der Waals surface area contributed by atoms with Crippen LogP contribution in [-0.4, -0.2) is 10.9 Å². The molecular weight excluding hydrogens is 357 g/mol. The van der Waals surface area contributed by atoms with Crippen LogP contribution in [-0.2, 0) is 13.1 Å². The van der Waals surface area contributed by atoms with E-state index in [4.69, 9.17) is 4.42 Å². The van der Waals surface area contributed by atoms with Crippen LogP contribution in [0.25, 0.3) is 0 Å². The highest BCUT2D eigenvalue weighted by atomic mass is 19.2. The highest BCUT2D eigenvalue weighted by Crippen LogP contribution is 2.17. The first kappa shape index (κ1) is 18.6. The summed E-state index contributed by atoms with van der Waals surface area (Å²) in [5.41, 5.74) is 0.832.